The highest BCUT2D eigenvalue weighted by Crippen LogP contribution is 2.14. The highest BCUT2D eigenvalue weighted by atomic mass is 15.1. The summed E-state index contributed by atoms with van der Waals surface area (Å²) < 4.78 is 0. The van der Waals surface area contributed by atoms with E-state index in [1.807, 2.05) is 12.1 Å². The van der Waals surface area contributed by atoms with Gasteiger partial charge in [-0.1, -0.05) is 0 Å². The fourth-order valence-corrected chi connectivity index (χ4v) is 2.11. The summed E-state index contributed by atoms with van der Waals surface area (Å²) in [6, 6.07) is 4.44. The van der Waals surface area contributed by atoms with Crippen molar-refractivity contribution in [2.45, 2.75) is 18.9 Å². The summed E-state index contributed by atoms with van der Waals surface area (Å²) >= 11 is 0. The molecule has 2 aromatic rings. The molecule has 0 aliphatic carbocycles. The van der Waals surface area contributed by atoms with Gasteiger partial charge < -0.3 is 10.6 Å². The van der Waals surface area contributed by atoms with Crippen molar-refractivity contribution in [2.75, 3.05) is 18.4 Å². The van der Waals surface area contributed by atoms with E-state index in [1.54, 1.807) is 12.4 Å². The summed E-state index contributed by atoms with van der Waals surface area (Å²) in [7, 11) is 0. The molecular weight excluding hydrogens is 214 g/mol. The largest absolute Gasteiger partial charge is 0.367 e. The van der Waals surface area contributed by atoms with Crippen molar-refractivity contribution >= 4 is 17.0 Å². The minimum absolute atomic E-state index is 0.512. The number of aromatic nitrogens is 3. The molecule has 0 atom stereocenters. The highest BCUT2D eigenvalue weighted by molar-refractivity contribution is 5.71. The zero-order valence-electron chi connectivity index (χ0n) is 9.56. The number of nitrogens with zero attached hydrogens (tertiary/aromatic N) is 3. The Morgan fingerprint density at radius 3 is 2.82 bits per heavy atom. The number of rotatable bonds is 2. The van der Waals surface area contributed by atoms with E-state index in [0.29, 0.717) is 11.7 Å². The molecule has 0 bridgehead atoms. The molecule has 3 heterocycles. The number of hydrogen-bond donors (Lipinski definition) is 2. The maximum Gasteiger partial charge on any atom is 0.180 e. The molecule has 0 spiro atoms. The normalized spacial score (nSPS) is 17.2. The van der Waals surface area contributed by atoms with Gasteiger partial charge in [0, 0.05) is 18.4 Å². The lowest BCUT2D eigenvalue weighted by atomic mass is 10.1. The van der Waals surface area contributed by atoms with Crippen LogP contribution in [0.1, 0.15) is 12.8 Å². The molecule has 2 N–H and O–H groups in total. The van der Waals surface area contributed by atoms with E-state index in [-0.39, 0.29) is 0 Å². The fourth-order valence-electron chi connectivity index (χ4n) is 2.11. The van der Waals surface area contributed by atoms with Crippen LogP contribution >= 0.6 is 0 Å². The Morgan fingerprint density at radius 2 is 1.94 bits per heavy atom. The lowest BCUT2D eigenvalue weighted by Gasteiger charge is -2.24. The molecule has 1 saturated heterocycles. The molecule has 3 rings (SSSR count). The minimum atomic E-state index is 0.512. The van der Waals surface area contributed by atoms with Crippen LogP contribution in [0.15, 0.2) is 24.5 Å². The van der Waals surface area contributed by atoms with Crippen molar-refractivity contribution < 1.29 is 0 Å². The van der Waals surface area contributed by atoms with Crippen molar-refractivity contribution in [1.82, 2.24) is 20.3 Å². The van der Waals surface area contributed by atoms with Crippen LogP contribution in [0.3, 0.4) is 0 Å². The molecule has 88 valence electrons. The number of anilines is 1. The molecule has 0 radical (unpaired) electrons. The molecule has 5 nitrogen and oxygen atoms in total. The Hall–Kier alpha value is -1.75. The maximum atomic E-state index is 4.46. The number of fused-ring (bicyclic) bond motifs is 1. The quantitative estimate of drug-likeness (QED) is 0.810. The van der Waals surface area contributed by atoms with Crippen LogP contribution in [-0.2, 0) is 0 Å². The van der Waals surface area contributed by atoms with Crippen LogP contribution in [0.2, 0.25) is 0 Å². The number of nitrogens with one attached hydrogen (secondary N) is 2. The second kappa shape index (κ2) is 4.63. The van der Waals surface area contributed by atoms with Crippen LogP contribution in [0.5, 0.6) is 0 Å². The average molecular weight is 229 g/mol. The van der Waals surface area contributed by atoms with Crippen LogP contribution in [-0.4, -0.2) is 34.1 Å². The van der Waals surface area contributed by atoms with Gasteiger partial charge in [-0.25, -0.2) is 9.97 Å². The minimum Gasteiger partial charge on any atom is -0.367 e. The maximum absolute atomic E-state index is 4.46. The van der Waals surface area contributed by atoms with Crippen LogP contribution < -0.4 is 10.6 Å². The molecule has 0 unspecified atom stereocenters. The Morgan fingerprint density at radius 1 is 1.12 bits per heavy atom. The molecule has 1 aliphatic heterocycles. The Kier molecular flexibility index (Phi) is 2.83. The highest BCUT2D eigenvalue weighted by Gasteiger charge is 2.13. The van der Waals surface area contributed by atoms with E-state index in [1.165, 1.54) is 0 Å². The predicted octanol–water partition coefficient (Wildman–Crippen LogP) is 1.19. The van der Waals surface area contributed by atoms with Gasteiger partial charge in [-0.3, -0.25) is 4.98 Å². The molecule has 0 saturated carbocycles. The summed E-state index contributed by atoms with van der Waals surface area (Å²) in [6.45, 7) is 2.15. The standard InChI is InChI=1S/C12H15N5/c1-2-11(16-9-3-5-13-6-4-9)17-12-10(1)14-7-8-15-12/h1-2,7-9,13H,3-6H2,(H,15,16,17). The third-order valence-electron chi connectivity index (χ3n) is 3.02. The van der Waals surface area contributed by atoms with Gasteiger partial charge in [-0.05, 0) is 38.1 Å². The lowest BCUT2D eigenvalue weighted by Crippen LogP contribution is -2.35. The van der Waals surface area contributed by atoms with Crippen molar-refractivity contribution in [3.05, 3.63) is 24.5 Å². The van der Waals surface area contributed by atoms with Crippen LogP contribution in [0.25, 0.3) is 11.2 Å². The van der Waals surface area contributed by atoms with E-state index >= 15 is 0 Å². The van der Waals surface area contributed by atoms with Gasteiger partial charge in [0.25, 0.3) is 0 Å². The summed E-state index contributed by atoms with van der Waals surface area (Å²) in [4.78, 5) is 12.9. The van der Waals surface area contributed by atoms with Gasteiger partial charge in [0.15, 0.2) is 5.65 Å². The first-order valence-electron chi connectivity index (χ1n) is 5.97. The summed E-state index contributed by atoms with van der Waals surface area (Å²) in [5.74, 6) is 0.893. The topological polar surface area (TPSA) is 62.7 Å². The molecule has 0 aromatic carbocycles. The third kappa shape index (κ3) is 2.34. The second-order valence-electron chi connectivity index (χ2n) is 4.26. The van der Waals surface area contributed by atoms with E-state index in [9.17, 15) is 0 Å². The first-order chi connectivity index (χ1) is 8.42. The average Bonchev–Trinajstić information content (AvgIpc) is 2.40. The molecule has 17 heavy (non-hydrogen) atoms. The van der Waals surface area contributed by atoms with Gasteiger partial charge in [0.1, 0.15) is 11.3 Å². The van der Waals surface area contributed by atoms with E-state index in [2.05, 4.69) is 25.6 Å². The number of pyridine rings is 1. The Balaban J connectivity index is 1.80. The van der Waals surface area contributed by atoms with Crippen molar-refractivity contribution in [2.24, 2.45) is 0 Å². The predicted molar refractivity (Wildman–Crippen MR) is 66.8 cm³/mol. The zero-order valence-corrected chi connectivity index (χ0v) is 9.56. The van der Waals surface area contributed by atoms with Crippen molar-refractivity contribution in [3.63, 3.8) is 0 Å². The Labute approximate surface area is 99.7 Å². The SMILES string of the molecule is c1cnc2nc(NC3CCNCC3)ccc2n1. The smallest absolute Gasteiger partial charge is 0.180 e. The van der Waals surface area contributed by atoms with Crippen LogP contribution in [0.4, 0.5) is 5.82 Å². The fraction of sp³-hybridized carbons (Fsp3) is 0.417. The van der Waals surface area contributed by atoms with Gasteiger partial charge in [-0.2, -0.15) is 0 Å². The number of piperidine rings is 1. The van der Waals surface area contributed by atoms with E-state index in [4.69, 9.17) is 0 Å². The Bertz CT molecular complexity index is 507. The molecule has 0 amide bonds. The molecule has 1 aliphatic rings. The number of hydrogen-bond acceptors (Lipinski definition) is 5. The zero-order chi connectivity index (χ0) is 11.5. The molecule has 5 heteroatoms. The van der Waals surface area contributed by atoms with Crippen molar-refractivity contribution in [3.8, 4) is 0 Å². The van der Waals surface area contributed by atoms with E-state index < -0.39 is 0 Å². The first kappa shape index (κ1) is 10.4. The first-order valence-corrected chi connectivity index (χ1v) is 5.97. The molecule has 1 fully saturated rings. The van der Waals surface area contributed by atoms with Gasteiger partial charge >= 0.3 is 0 Å². The van der Waals surface area contributed by atoms with Gasteiger partial charge in [0.05, 0.1) is 0 Å². The molecular formula is C12H15N5. The molecule has 2 aromatic heterocycles. The monoisotopic (exact) mass is 229 g/mol. The third-order valence-corrected chi connectivity index (χ3v) is 3.02. The van der Waals surface area contributed by atoms with Gasteiger partial charge in [0.2, 0.25) is 0 Å². The summed E-state index contributed by atoms with van der Waals surface area (Å²) in [5.41, 5.74) is 1.54. The summed E-state index contributed by atoms with van der Waals surface area (Å²) in [5, 5.41) is 6.80. The van der Waals surface area contributed by atoms with Crippen molar-refractivity contribution in [1.29, 1.82) is 0 Å². The van der Waals surface area contributed by atoms with E-state index in [0.717, 1.165) is 37.3 Å². The second-order valence-corrected chi connectivity index (χ2v) is 4.26. The summed E-state index contributed by atoms with van der Waals surface area (Å²) in [6.07, 6.45) is 5.63. The van der Waals surface area contributed by atoms with Gasteiger partial charge in [-0.15, -0.1) is 0 Å². The van der Waals surface area contributed by atoms with Crippen LogP contribution in [0, 0.1) is 0 Å². The lowest BCUT2D eigenvalue weighted by molar-refractivity contribution is 0.478.